The van der Waals surface area contributed by atoms with E-state index in [1.807, 2.05) is 12.1 Å². The second-order valence-corrected chi connectivity index (χ2v) is 8.81. The molecule has 0 fully saturated rings. The molecule has 3 N–H and O–H groups in total. The third kappa shape index (κ3) is 4.78. The van der Waals surface area contributed by atoms with E-state index in [9.17, 15) is 15.0 Å². The fraction of sp³-hybridized carbons (Fsp3) is 0.409. The molecule has 0 atom stereocenters. The van der Waals surface area contributed by atoms with Gasteiger partial charge in [0.2, 0.25) is 5.91 Å². The molecule has 0 spiro atoms. The molecule has 0 aliphatic carbocycles. The molecule has 0 heterocycles. The van der Waals surface area contributed by atoms with E-state index in [1.165, 1.54) is 12.1 Å². The Bertz CT molecular complexity index is 759. The minimum Gasteiger partial charge on any atom is -0.508 e. The smallest absolute Gasteiger partial charge is 0.228 e. The van der Waals surface area contributed by atoms with E-state index < -0.39 is 0 Å². The number of anilines is 1. The van der Waals surface area contributed by atoms with Gasteiger partial charge in [-0.3, -0.25) is 4.79 Å². The monoisotopic (exact) mass is 355 g/mol. The Labute approximate surface area is 155 Å². The number of nitrogens with one attached hydrogen (secondary N) is 1. The highest BCUT2D eigenvalue weighted by molar-refractivity contribution is 5.92. The number of hydrogen-bond donors (Lipinski definition) is 3. The van der Waals surface area contributed by atoms with Crippen LogP contribution < -0.4 is 5.32 Å². The summed E-state index contributed by atoms with van der Waals surface area (Å²) in [5.41, 5.74) is 2.74. The Kier molecular flexibility index (Phi) is 5.36. The third-order valence-electron chi connectivity index (χ3n) is 4.30. The number of benzene rings is 2. The van der Waals surface area contributed by atoms with Crippen LogP contribution in [-0.2, 0) is 22.0 Å². The number of hydrogen-bond acceptors (Lipinski definition) is 3. The van der Waals surface area contributed by atoms with Crippen molar-refractivity contribution in [3.63, 3.8) is 0 Å². The van der Waals surface area contributed by atoms with Crippen molar-refractivity contribution in [2.75, 3.05) is 5.32 Å². The lowest BCUT2D eigenvalue weighted by molar-refractivity contribution is -0.115. The summed E-state index contributed by atoms with van der Waals surface area (Å²) in [6, 6.07) is 10.2. The van der Waals surface area contributed by atoms with Crippen molar-refractivity contribution >= 4 is 11.6 Å². The van der Waals surface area contributed by atoms with Gasteiger partial charge in [-0.15, -0.1) is 0 Å². The van der Waals surface area contributed by atoms with Gasteiger partial charge in [-0.1, -0.05) is 53.7 Å². The SMILES string of the molecule is CC(C)(C)c1cc(CC(=O)Nc2ccc(O)cc2)cc(C(C)(C)C)c1O. The van der Waals surface area contributed by atoms with Crippen molar-refractivity contribution < 1.29 is 15.0 Å². The van der Waals surface area contributed by atoms with Crippen LogP contribution in [0.15, 0.2) is 36.4 Å². The first-order valence-corrected chi connectivity index (χ1v) is 8.83. The van der Waals surface area contributed by atoms with E-state index in [1.54, 1.807) is 12.1 Å². The van der Waals surface area contributed by atoms with Crippen molar-refractivity contribution in [1.29, 1.82) is 0 Å². The molecule has 4 nitrogen and oxygen atoms in total. The molecule has 0 aliphatic heterocycles. The van der Waals surface area contributed by atoms with Gasteiger partial charge in [-0.2, -0.15) is 0 Å². The largest absolute Gasteiger partial charge is 0.508 e. The predicted molar refractivity (Wildman–Crippen MR) is 106 cm³/mol. The van der Waals surface area contributed by atoms with Gasteiger partial charge in [0.1, 0.15) is 11.5 Å². The Balaban J connectivity index is 2.33. The van der Waals surface area contributed by atoms with Gasteiger partial charge in [-0.25, -0.2) is 0 Å². The van der Waals surface area contributed by atoms with Gasteiger partial charge < -0.3 is 15.5 Å². The maximum Gasteiger partial charge on any atom is 0.228 e. The Morgan fingerprint density at radius 3 is 1.77 bits per heavy atom. The first-order valence-electron chi connectivity index (χ1n) is 8.83. The molecule has 1 amide bonds. The number of carbonyl (C=O) groups is 1. The first kappa shape index (κ1) is 19.8. The number of phenols is 2. The van der Waals surface area contributed by atoms with Crippen LogP contribution in [-0.4, -0.2) is 16.1 Å². The summed E-state index contributed by atoms with van der Waals surface area (Å²) >= 11 is 0. The fourth-order valence-corrected chi connectivity index (χ4v) is 2.88. The zero-order chi connectivity index (χ0) is 19.7. The summed E-state index contributed by atoms with van der Waals surface area (Å²) in [7, 11) is 0. The van der Waals surface area contributed by atoms with Crippen LogP contribution in [0.2, 0.25) is 0 Å². The molecule has 0 saturated carbocycles. The number of phenolic OH excluding ortho intramolecular Hbond substituents is 2. The molecule has 4 heteroatoms. The van der Waals surface area contributed by atoms with E-state index in [0.717, 1.165) is 16.7 Å². The second-order valence-electron chi connectivity index (χ2n) is 8.81. The first-order chi connectivity index (χ1) is 11.9. The van der Waals surface area contributed by atoms with Crippen LogP contribution in [0.1, 0.15) is 58.2 Å². The van der Waals surface area contributed by atoms with Crippen molar-refractivity contribution in [1.82, 2.24) is 0 Å². The standard InChI is InChI=1S/C22H29NO3/c1-21(2,3)17-11-14(12-18(20(17)26)22(4,5)6)13-19(25)23-15-7-9-16(24)10-8-15/h7-12,24,26H,13H2,1-6H3,(H,23,25). The molecular weight excluding hydrogens is 326 g/mol. The molecule has 0 aliphatic rings. The highest BCUT2D eigenvalue weighted by Gasteiger charge is 2.26. The van der Waals surface area contributed by atoms with Crippen LogP contribution in [0, 0.1) is 0 Å². The van der Waals surface area contributed by atoms with E-state index in [2.05, 4.69) is 46.9 Å². The second kappa shape index (κ2) is 7.02. The average molecular weight is 355 g/mol. The minimum absolute atomic E-state index is 0.138. The Morgan fingerprint density at radius 2 is 1.35 bits per heavy atom. The van der Waals surface area contributed by atoms with Crippen LogP contribution in [0.4, 0.5) is 5.69 Å². The summed E-state index contributed by atoms with van der Waals surface area (Å²) in [6.07, 6.45) is 0.216. The highest BCUT2D eigenvalue weighted by Crippen LogP contribution is 2.39. The van der Waals surface area contributed by atoms with Gasteiger partial charge in [-0.05, 0) is 51.8 Å². The minimum atomic E-state index is -0.229. The molecule has 140 valence electrons. The van der Waals surface area contributed by atoms with Gasteiger partial charge >= 0.3 is 0 Å². The maximum atomic E-state index is 12.4. The number of amides is 1. The summed E-state index contributed by atoms with van der Waals surface area (Å²) < 4.78 is 0. The molecule has 2 aromatic rings. The van der Waals surface area contributed by atoms with E-state index in [4.69, 9.17) is 0 Å². The quantitative estimate of drug-likeness (QED) is 0.688. The lowest BCUT2D eigenvalue weighted by Gasteiger charge is -2.28. The summed E-state index contributed by atoms with van der Waals surface area (Å²) in [6.45, 7) is 12.3. The van der Waals surface area contributed by atoms with Crippen LogP contribution in [0.3, 0.4) is 0 Å². The maximum absolute atomic E-state index is 12.4. The van der Waals surface area contributed by atoms with E-state index >= 15 is 0 Å². The van der Waals surface area contributed by atoms with Crippen LogP contribution >= 0.6 is 0 Å². The van der Waals surface area contributed by atoms with Gasteiger partial charge in [0.25, 0.3) is 0 Å². The Morgan fingerprint density at radius 1 is 0.885 bits per heavy atom. The number of aromatic hydroxyl groups is 2. The van der Waals surface area contributed by atoms with Crippen LogP contribution in [0.5, 0.6) is 11.5 Å². The zero-order valence-corrected chi connectivity index (χ0v) is 16.5. The number of rotatable bonds is 3. The highest BCUT2D eigenvalue weighted by atomic mass is 16.3. The van der Waals surface area contributed by atoms with Crippen LogP contribution in [0.25, 0.3) is 0 Å². The molecule has 0 radical (unpaired) electrons. The average Bonchev–Trinajstić information content (AvgIpc) is 2.49. The normalized spacial score (nSPS) is 12.1. The van der Waals surface area contributed by atoms with Crippen molar-refractivity contribution in [3.05, 3.63) is 53.1 Å². The number of carbonyl (C=O) groups excluding carboxylic acids is 1. The molecule has 26 heavy (non-hydrogen) atoms. The van der Waals surface area contributed by atoms with E-state index in [0.29, 0.717) is 11.4 Å². The summed E-state index contributed by atoms with van der Waals surface area (Å²) in [5.74, 6) is 0.333. The lowest BCUT2D eigenvalue weighted by Crippen LogP contribution is -2.20. The zero-order valence-electron chi connectivity index (χ0n) is 16.5. The molecule has 2 aromatic carbocycles. The summed E-state index contributed by atoms with van der Waals surface area (Å²) in [4.78, 5) is 12.4. The predicted octanol–water partition coefficient (Wildman–Crippen LogP) is 4.87. The van der Waals surface area contributed by atoms with Gasteiger partial charge in [0, 0.05) is 5.69 Å². The van der Waals surface area contributed by atoms with Crippen molar-refractivity contribution in [2.24, 2.45) is 0 Å². The molecule has 2 rings (SSSR count). The third-order valence-corrected chi connectivity index (χ3v) is 4.30. The fourth-order valence-electron chi connectivity index (χ4n) is 2.88. The molecule has 0 aromatic heterocycles. The summed E-state index contributed by atoms with van der Waals surface area (Å²) in [5, 5.41) is 22.9. The van der Waals surface area contributed by atoms with Gasteiger partial charge in [0.05, 0.1) is 6.42 Å². The molecular formula is C22H29NO3. The lowest BCUT2D eigenvalue weighted by atomic mass is 9.78. The molecule has 0 unspecified atom stereocenters. The van der Waals surface area contributed by atoms with Crippen molar-refractivity contribution in [2.45, 2.75) is 58.8 Å². The molecule has 0 saturated heterocycles. The Hall–Kier alpha value is -2.49. The topological polar surface area (TPSA) is 69.6 Å². The molecule has 0 bridgehead atoms. The van der Waals surface area contributed by atoms with Gasteiger partial charge in [0.15, 0.2) is 0 Å². The van der Waals surface area contributed by atoms with Crippen molar-refractivity contribution in [3.8, 4) is 11.5 Å². The van der Waals surface area contributed by atoms with E-state index in [-0.39, 0.29) is 28.9 Å².